The molecule has 1 aliphatic heterocycles. The molecule has 1 atom stereocenters. The average Bonchev–Trinajstić information content (AvgIpc) is 2.63. The number of aryl methyl sites for hydroxylation is 1. The van der Waals surface area contributed by atoms with Gasteiger partial charge in [0.15, 0.2) is 7.28 Å². The first kappa shape index (κ1) is 8.98. The van der Waals surface area contributed by atoms with E-state index in [4.69, 9.17) is 12.8 Å². The molecule has 1 unspecified atom stereocenters. The van der Waals surface area contributed by atoms with Crippen molar-refractivity contribution in [2.24, 2.45) is 0 Å². The van der Waals surface area contributed by atoms with Crippen LogP contribution in [0.5, 0.6) is 0 Å². The fourth-order valence-corrected chi connectivity index (χ4v) is 1.95. The van der Waals surface area contributed by atoms with E-state index >= 15 is 0 Å². The predicted octanol–water partition coefficient (Wildman–Crippen LogP) is 1.28. The van der Waals surface area contributed by atoms with Crippen LogP contribution in [-0.4, -0.2) is 7.28 Å². The molecule has 0 bridgehead atoms. The summed E-state index contributed by atoms with van der Waals surface area (Å²) in [5, 5.41) is 0. The minimum Gasteiger partial charge on any atom is -0.121 e. The van der Waals surface area contributed by atoms with E-state index < -0.39 is 0 Å². The molecule has 1 heteroatoms. The Morgan fingerprint density at radius 1 is 1.43 bits per heavy atom. The molecule has 0 fully saturated rings. The summed E-state index contributed by atoms with van der Waals surface area (Å²) in [7, 11) is 2.11. The number of terminal acetylenes is 2. The van der Waals surface area contributed by atoms with E-state index in [1.54, 1.807) is 0 Å². The summed E-state index contributed by atoms with van der Waals surface area (Å²) in [5.41, 5.74) is 4.75. The number of hydrogen-bond donors (Lipinski definition) is 0. The third-order valence-corrected chi connectivity index (χ3v) is 2.75. The van der Waals surface area contributed by atoms with Crippen LogP contribution >= 0.6 is 0 Å². The lowest BCUT2D eigenvalue weighted by atomic mass is 9.63. The maximum Gasteiger partial charge on any atom is 0.173 e. The summed E-state index contributed by atoms with van der Waals surface area (Å²) in [6.45, 7) is 2.10. The first-order valence-corrected chi connectivity index (χ1v) is 4.66. The lowest BCUT2D eigenvalue weighted by molar-refractivity contribution is 1.04. The molecule has 0 N–H and O–H groups in total. The monoisotopic (exact) mass is 177 g/mol. The molecule has 0 nitrogen and oxygen atoms in total. The molecule has 1 heterocycles. The number of benzene rings is 1. The van der Waals surface area contributed by atoms with Crippen LogP contribution in [0.4, 0.5) is 0 Å². The lowest BCUT2D eigenvalue weighted by Crippen LogP contribution is -2.17. The highest BCUT2D eigenvalue weighted by molar-refractivity contribution is 6.59. The van der Waals surface area contributed by atoms with Gasteiger partial charge in [0, 0.05) is 11.4 Å². The van der Waals surface area contributed by atoms with Crippen molar-refractivity contribution < 1.29 is 0 Å². The molecule has 0 spiro atoms. The number of rotatable bonds is 0. The van der Waals surface area contributed by atoms with Gasteiger partial charge in [-0.2, -0.15) is 0 Å². The molecule has 1 radical (unpaired) electrons. The molecule has 1 aromatic carbocycles. The second-order valence-electron chi connectivity index (χ2n) is 3.61. The topological polar surface area (TPSA) is 0 Å². The van der Waals surface area contributed by atoms with Crippen molar-refractivity contribution in [3.8, 4) is 24.7 Å². The molecule has 1 aromatic rings. The standard InChI is InChI=1S/C13H10B/c1-4-10-7-6-9(3)12-8-11(5-2)14-13(10)12/h1-2,6-7,11H,8H2,3H3. The molecule has 2 rings (SSSR count). The zero-order valence-electron chi connectivity index (χ0n) is 8.17. The van der Waals surface area contributed by atoms with Crippen LogP contribution in [-0.2, 0) is 6.42 Å². The fraction of sp³-hybridized carbons (Fsp3) is 0.231. The number of hydrogen-bond acceptors (Lipinski definition) is 0. The second-order valence-corrected chi connectivity index (χ2v) is 3.61. The Kier molecular flexibility index (Phi) is 2.10. The highest BCUT2D eigenvalue weighted by Crippen LogP contribution is 2.22. The molecule has 0 saturated heterocycles. The summed E-state index contributed by atoms with van der Waals surface area (Å²) in [4.78, 5) is 0. The Balaban J connectivity index is 2.56. The van der Waals surface area contributed by atoms with Crippen molar-refractivity contribution in [2.75, 3.05) is 0 Å². The molecule has 0 saturated carbocycles. The van der Waals surface area contributed by atoms with Gasteiger partial charge in [-0.05, 0) is 30.5 Å². The Bertz CT molecular complexity index is 457. The third-order valence-electron chi connectivity index (χ3n) is 2.75. The Labute approximate surface area is 86.0 Å². The van der Waals surface area contributed by atoms with Crippen LogP contribution < -0.4 is 5.46 Å². The fourth-order valence-electron chi connectivity index (χ4n) is 1.95. The van der Waals surface area contributed by atoms with Gasteiger partial charge in [-0.25, -0.2) is 0 Å². The summed E-state index contributed by atoms with van der Waals surface area (Å²) in [6, 6.07) is 4.06. The van der Waals surface area contributed by atoms with Gasteiger partial charge in [0.05, 0.1) is 0 Å². The van der Waals surface area contributed by atoms with E-state index in [-0.39, 0.29) is 5.82 Å². The quantitative estimate of drug-likeness (QED) is 0.413. The molecule has 0 amide bonds. The largest absolute Gasteiger partial charge is 0.173 e. The third kappa shape index (κ3) is 1.23. The van der Waals surface area contributed by atoms with Crippen LogP contribution in [0.1, 0.15) is 16.7 Å². The van der Waals surface area contributed by atoms with Crippen molar-refractivity contribution in [1.82, 2.24) is 0 Å². The first-order chi connectivity index (χ1) is 6.76. The summed E-state index contributed by atoms with van der Waals surface area (Å²) in [5.74, 6) is 5.69. The smallest absolute Gasteiger partial charge is 0.121 e. The van der Waals surface area contributed by atoms with E-state index in [2.05, 4.69) is 32.1 Å². The lowest BCUT2D eigenvalue weighted by Gasteiger charge is -2.05. The van der Waals surface area contributed by atoms with Crippen molar-refractivity contribution in [3.63, 3.8) is 0 Å². The SMILES string of the molecule is C#Cc1ccc(C)c2c1[B]C(C#C)C2. The molecule has 0 aliphatic carbocycles. The minimum atomic E-state index is 0.221. The highest BCUT2D eigenvalue weighted by Gasteiger charge is 2.24. The van der Waals surface area contributed by atoms with Crippen molar-refractivity contribution >= 4 is 12.7 Å². The van der Waals surface area contributed by atoms with Crippen LogP contribution in [0.15, 0.2) is 12.1 Å². The average molecular weight is 177 g/mol. The van der Waals surface area contributed by atoms with Gasteiger partial charge >= 0.3 is 0 Å². The molecular formula is C13H10B. The molecule has 0 aromatic heterocycles. The van der Waals surface area contributed by atoms with Crippen molar-refractivity contribution in [3.05, 3.63) is 28.8 Å². The highest BCUT2D eigenvalue weighted by atomic mass is 14.2. The zero-order chi connectivity index (χ0) is 10.1. The van der Waals surface area contributed by atoms with Crippen molar-refractivity contribution in [1.29, 1.82) is 0 Å². The molecule has 14 heavy (non-hydrogen) atoms. The maximum atomic E-state index is 5.44. The van der Waals surface area contributed by atoms with Gasteiger partial charge < -0.3 is 0 Å². The minimum absolute atomic E-state index is 0.221. The molecule has 1 aliphatic rings. The van der Waals surface area contributed by atoms with Crippen LogP contribution in [0.2, 0.25) is 5.82 Å². The van der Waals surface area contributed by atoms with E-state index in [9.17, 15) is 0 Å². The molecule has 65 valence electrons. The Morgan fingerprint density at radius 3 is 2.86 bits per heavy atom. The molecular weight excluding hydrogens is 167 g/mol. The summed E-state index contributed by atoms with van der Waals surface area (Å²) < 4.78 is 0. The van der Waals surface area contributed by atoms with Crippen LogP contribution in [0.25, 0.3) is 0 Å². The van der Waals surface area contributed by atoms with E-state index in [0.717, 1.165) is 12.0 Å². The summed E-state index contributed by atoms with van der Waals surface area (Å²) >= 11 is 0. The van der Waals surface area contributed by atoms with Gasteiger partial charge in [0.2, 0.25) is 0 Å². The van der Waals surface area contributed by atoms with Crippen LogP contribution in [0.3, 0.4) is 0 Å². The van der Waals surface area contributed by atoms with E-state index in [1.807, 2.05) is 6.07 Å². The van der Waals surface area contributed by atoms with Crippen LogP contribution in [0, 0.1) is 31.6 Å². The van der Waals surface area contributed by atoms with Gasteiger partial charge in [0.1, 0.15) is 0 Å². The first-order valence-electron chi connectivity index (χ1n) is 4.66. The zero-order valence-corrected chi connectivity index (χ0v) is 8.17. The normalized spacial score (nSPS) is 17.8. The van der Waals surface area contributed by atoms with E-state index in [0.29, 0.717) is 0 Å². The maximum absolute atomic E-state index is 5.44. The Hall–Kier alpha value is -1.60. The van der Waals surface area contributed by atoms with Gasteiger partial charge in [0.25, 0.3) is 0 Å². The Morgan fingerprint density at radius 2 is 2.21 bits per heavy atom. The van der Waals surface area contributed by atoms with E-state index in [1.165, 1.54) is 16.6 Å². The summed E-state index contributed by atoms with van der Waals surface area (Å²) in [6.07, 6.45) is 11.8. The van der Waals surface area contributed by atoms with Gasteiger partial charge in [-0.3, -0.25) is 0 Å². The van der Waals surface area contributed by atoms with Gasteiger partial charge in [-0.1, -0.05) is 17.4 Å². The van der Waals surface area contributed by atoms with Gasteiger partial charge in [-0.15, -0.1) is 18.8 Å². The van der Waals surface area contributed by atoms with Crippen molar-refractivity contribution in [2.45, 2.75) is 19.2 Å². The second kappa shape index (κ2) is 3.28. The predicted molar refractivity (Wildman–Crippen MR) is 60.8 cm³/mol. The number of fused-ring (bicyclic) bond motifs is 1.